The van der Waals surface area contributed by atoms with E-state index >= 15 is 0 Å². The number of nitrogens with zero attached hydrogens (tertiary/aromatic N) is 1. The van der Waals surface area contributed by atoms with Gasteiger partial charge in [-0.25, -0.2) is 0 Å². The fraction of sp³-hybridized carbons (Fsp3) is 0.917. The summed E-state index contributed by atoms with van der Waals surface area (Å²) in [6, 6.07) is 0. The Morgan fingerprint density at radius 3 is 2.35 bits per heavy atom. The van der Waals surface area contributed by atoms with E-state index in [0.717, 1.165) is 0 Å². The van der Waals surface area contributed by atoms with Crippen LogP contribution >= 0.6 is 0 Å². The molecule has 1 N–H and O–H groups in total. The first-order chi connectivity index (χ1) is 7.86. The molecular weight excluding hydrogens is 222 g/mol. The van der Waals surface area contributed by atoms with Crippen LogP contribution in [0.15, 0.2) is 0 Å². The van der Waals surface area contributed by atoms with E-state index in [0.29, 0.717) is 19.7 Å². The van der Waals surface area contributed by atoms with Crippen molar-refractivity contribution in [2.45, 2.75) is 33.0 Å². The van der Waals surface area contributed by atoms with Crippen molar-refractivity contribution in [1.29, 1.82) is 0 Å². The number of likely N-dealkylation sites (N-methyl/N-ethyl adjacent to an activating group) is 1. The fourth-order valence-corrected chi connectivity index (χ4v) is 1.53. The number of carbonyl (C=O) groups excluding carboxylic acids is 1. The number of aliphatic hydroxyl groups is 1. The summed E-state index contributed by atoms with van der Waals surface area (Å²) >= 11 is 0. The van der Waals surface area contributed by atoms with Gasteiger partial charge in [0.05, 0.1) is 31.8 Å². The monoisotopic (exact) mass is 247 g/mol. The summed E-state index contributed by atoms with van der Waals surface area (Å²) < 4.78 is 9.95. The third-order valence-corrected chi connectivity index (χ3v) is 2.33. The zero-order chi connectivity index (χ0) is 13.4. The summed E-state index contributed by atoms with van der Waals surface area (Å²) in [6.45, 7) is 7.01. The van der Waals surface area contributed by atoms with Crippen molar-refractivity contribution < 1.29 is 19.4 Å². The molecule has 0 fully saturated rings. The zero-order valence-electron chi connectivity index (χ0n) is 11.5. The highest BCUT2D eigenvalue weighted by atomic mass is 16.5. The molecule has 0 aromatic rings. The van der Waals surface area contributed by atoms with Gasteiger partial charge in [-0.1, -0.05) is 6.92 Å². The highest BCUT2D eigenvalue weighted by molar-refractivity contribution is 5.71. The Morgan fingerprint density at radius 2 is 1.88 bits per heavy atom. The maximum atomic E-state index is 11.2. The highest BCUT2D eigenvalue weighted by Gasteiger charge is 2.17. The van der Waals surface area contributed by atoms with Gasteiger partial charge in [0.2, 0.25) is 0 Å². The van der Waals surface area contributed by atoms with Gasteiger partial charge < -0.3 is 19.5 Å². The van der Waals surface area contributed by atoms with E-state index in [9.17, 15) is 9.90 Å². The number of hydrogen-bond donors (Lipinski definition) is 1. The van der Waals surface area contributed by atoms with E-state index in [1.54, 1.807) is 6.92 Å². The number of aliphatic hydroxyl groups excluding tert-OH is 1. The topological polar surface area (TPSA) is 59.0 Å². The Bertz CT molecular complexity index is 221. The third kappa shape index (κ3) is 8.12. The third-order valence-electron chi connectivity index (χ3n) is 2.33. The molecule has 5 heteroatoms. The molecule has 0 aromatic heterocycles. The molecule has 2 unspecified atom stereocenters. The molecule has 0 aliphatic carbocycles. The van der Waals surface area contributed by atoms with E-state index in [1.807, 2.05) is 25.8 Å². The Labute approximate surface area is 104 Å². The molecule has 0 radical (unpaired) electrons. The predicted molar refractivity (Wildman–Crippen MR) is 65.8 cm³/mol. The van der Waals surface area contributed by atoms with Gasteiger partial charge in [-0.3, -0.25) is 4.79 Å². The van der Waals surface area contributed by atoms with Crippen LogP contribution in [0.5, 0.6) is 0 Å². The van der Waals surface area contributed by atoms with Gasteiger partial charge in [-0.2, -0.15) is 0 Å². The number of carbonyl (C=O) groups is 1. The van der Waals surface area contributed by atoms with Crippen molar-refractivity contribution in [3.8, 4) is 0 Å². The van der Waals surface area contributed by atoms with Gasteiger partial charge >= 0.3 is 5.97 Å². The van der Waals surface area contributed by atoms with E-state index in [1.165, 1.54) is 7.11 Å². The van der Waals surface area contributed by atoms with Gasteiger partial charge in [0, 0.05) is 13.1 Å². The molecular formula is C12H25NO4. The molecule has 2 atom stereocenters. The van der Waals surface area contributed by atoms with E-state index in [-0.39, 0.29) is 18.0 Å². The van der Waals surface area contributed by atoms with E-state index < -0.39 is 6.10 Å². The lowest BCUT2D eigenvalue weighted by molar-refractivity contribution is -0.145. The molecule has 5 nitrogen and oxygen atoms in total. The Morgan fingerprint density at radius 1 is 1.29 bits per heavy atom. The molecule has 102 valence electrons. The Balaban J connectivity index is 3.84. The molecule has 0 bridgehead atoms. The molecule has 0 heterocycles. The first-order valence-corrected chi connectivity index (χ1v) is 5.92. The molecule has 0 saturated carbocycles. The Kier molecular flexibility index (Phi) is 8.12. The van der Waals surface area contributed by atoms with Crippen LogP contribution in [-0.2, 0) is 14.3 Å². The molecule has 0 spiro atoms. The van der Waals surface area contributed by atoms with Crippen LogP contribution in [-0.4, -0.2) is 62.0 Å². The van der Waals surface area contributed by atoms with Gasteiger partial charge in [0.15, 0.2) is 0 Å². The second kappa shape index (κ2) is 8.44. The van der Waals surface area contributed by atoms with Crippen molar-refractivity contribution in [3.63, 3.8) is 0 Å². The largest absolute Gasteiger partial charge is 0.469 e. The van der Waals surface area contributed by atoms with Crippen molar-refractivity contribution in [1.82, 2.24) is 4.90 Å². The maximum Gasteiger partial charge on any atom is 0.309 e. The number of methoxy groups -OCH3 is 1. The standard InChI is InChI=1S/C12H25NO4/c1-9(2)17-8-11(14)7-13(4)6-10(3)12(15)16-5/h9-11,14H,6-8H2,1-5H3. The summed E-state index contributed by atoms with van der Waals surface area (Å²) in [4.78, 5) is 13.1. The van der Waals surface area contributed by atoms with Crippen LogP contribution < -0.4 is 0 Å². The molecule has 17 heavy (non-hydrogen) atoms. The van der Waals surface area contributed by atoms with Gasteiger partial charge in [0.25, 0.3) is 0 Å². The summed E-state index contributed by atoms with van der Waals surface area (Å²) in [5.41, 5.74) is 0. The number of hydrogen-bond acceptors (Lipinski definition) is 5. The summed E-state index contributed by atoms with van der Waals surface area (Å²) in [5.74, 6) is -0.423. The van der Waals surface area contributed by atoms with Crippen LogP contribution in [0.1, 0.15) is 20.8 Å². The van der Waals surface area contributed by atoms with Gasteiger partial charge in [-0.15, -0.1) is 0 Å². The molecule has 0 aliphatic rings. The summed E-state index contributed by atoms with van der Waals surface area (Å²) in [7, 11) is 3.24. The summed E-state index contributed by atoms with van der Waals surface area (Å²) in [6.07, 6.45) is -0.420. The smallest absolute Gasteiger partial charge is 0.309 e. The minimum Gasteiger partial charge on any atom is -0.469 e. The molecule has 0 aromatic carbocycles. The lowest BCUT2D eigenvalue weighted by Crippen LogP contribution is -2.37. The minimum absolute atomic E-state index is 0.115. The van der Waals surface area contributed by atoms with Crippen LogP contribution in [0.4, 0.5) is 0 Å². The average molecular weight is 247 g/mol. The second-order valence-corrected chi connectivity index (χ2v) is 4.68. The number of rotatable bonds is 8. The van der Waals surface area contributed by atoms with E-state index in [4.69, 9.17) is 4.74 Å². The predicted octanol–water partition coefficient (Wildman–Crippen LogP) is 0.513. The molecule has 0 amide bonds. The molecule has 0 aliphatic heterocycles. The van der Waals surface area contributed by atoms with Crippen LogP contribution in [0.2, 0.25) is 0 Å². The minimum atomic E-state index is -0.535. The molecule has 0 rings (SSSR count). The van der Waals surface area contributed by atoms with Crippen LogP contribution in [0.3, 0.4) is 0 Å². The van der Waals surface area contributed by atoms with Crippen molar-refractivity contribution in [2.24, 2.45) is 5.92 Å². The van der Waals surface area contributed by atoms with Gasteiger partial charge in [-0.05, 0) is 20.9 Å². The molecule has 0 saturated heterocycles. The highest BCUT2D eigenvalue weighted by Crippen LogP contribution is 2.02. The summed E-state index contributed by atoms with van der Waals surface area (Å²) in [5, 5.41) is 9.69. The lowest BCUT2D eigenvalue weighted by atomic mass is 10.1. The normalized spacial score (nSPS) is 15.1. The zero-order valence-corrected chi connectivity index (χ0v) is 11.5. The van der Waals surface area contributed by atoms with Crippen LogP contribution in [0, 0.1) is 5.92 Å². The van der Waals surface area contributed by atoms with Crippen molar-refractivity contribution in [3.05, 3.63) is 0 Å². The fourth-order valence-electron chi connectivity index (χ4n) is 1.53. The first kappa shape index (κ1) is 16.4. The Hall–Kier alpha value is -0.650. The number of ether oxygens (including phenoxy) is 2. The quantitative estimate of drug-likeness (QED) is 0.633. The van der Waals surface area contributed by atoms with Crippen LogP contribution in [0.25, 0.3) is 0 Å². The van der Waals surface area contributed by atoms with E-state index in [2.05, 4.69) is 4.74 Å². The number of esters is 1. The maximum absolute atomic E-state index is 11.2. The first-order valence-electron chi connectivity index (χ1n) is 5.92. The van der Waals surface area contributed by atoms with Crippen molar-refractivity contribution in [2.75, 3.05) is 33.9 Å². The SMILES string of the molecule is COC(=O)C(C)CN(C)CC(O)COC(C)C. The lowest BCUT2D eigenvalue weighted by Gasteiger charge is -2.23. The van der Waals surface area contributed by atoms with Gasteiger partial charge in [0.1, 0.15) is 0 Å². The second-order valence-electron chi connectivity index (χ2n) is 4.68. The van der Waals surface area contributed by atoms with Crippen molar-refractivity contribution >= 4 is 5.97 Å². The average Bonchev–Trinajstić information content (AvgIpc) is 2.24.